The second kappa shape index (κ2) is 13.5. The van der Waals surface area contributed by atoms with Gasteiger partial charge in [-0.05, 0) is 100 Å². The number of halogens is 1. The number of hydrogen-bond donors (Lipinski definition) is 0. The van der Waals surface area contributed by atoms with Gasteiger partial charge in [0.1, 0.15) is 22.9 Å². The molecular formula is C39H50FNO5. The van der Waals surface area contributed by atoms with Crippen LogP contribution in [0.3, 0.4) is 0 Å². The van der Waals surface area contributed by atoms with E-state index in [1.807, 2.05) is 6.07 Å². The number of anilines is 1. The van der Waals surface area contributed by atoms with Crippen LogP contribution in [0.2, 0.25) is 0 Å². The van der Waals surface area contributed by atoms with Crippen molar-refractivity contribution in [1.82, 2.24) is 0 Å². The molecule has 0 N–H and O–H groups in total. The molecule has 0 saturated carbocycles. The van der Waals surface area contributed by atoms with Crippen molar-refractivity contribution in [3.63, 3.8) is 0 Å². The molecule has 2 heterocycles. The van der Waals surface area contributed by atoms with Crippen LogP contribution in [0.25, 0.3) is 0 Å². The highest BCUT2D eigenvalue weighted by Crippen LogP contribution is 2.50. The topological polar surface area (TPSA) is 49.4 Å². The van der Waals surface area contributed by atoms with Crippen LogP contribution in [0, 0.1) is 11.7 Å². The quantitative estimate of drug-likeness (QED) is 0.233. The average molecular weight is 632 g/mol. The summed E-state index contributed by atoms with van der Waals surface area (Å²) in [6.45, 7) is 8.29. The summed E-state index contributed by atoms with van der Waals surface area (Å²) in [6, 6.07) is 20.7. The van der Waals surface area contributed by atoms with Crippen LogP contribution in [0.5, 0.6) is 11.5 Å². The van der Waals surface area contributed by atoms with Crippen molar-refractivity contribution < 1.29 is 28.1 Å². The minimum absolute atomic E-state index is 0.0513. The van der Waals surface area contributed by atoms with E-state index in [4.69, 9.17) is 23.7 Å². The Morgan fingerprint density at radius 3 is 2.26 bits per heavy atom. The van der Waals surface area contributed by atoms with Crippen molar-refractivity contribution in [3.05, 3.63) is 88.7 Å². The molecular weight excluding hydrogens is 581 g/mol. The number of fused-ring (bicyclic) bond motifs is 1. The predicted octanol–water partition coefficient (Wildman–Crippen LogP) is 8.26. The molecule has 6 nitrogen and oxygen atoms in total. The molecule has 46 heavy (non-hydrogen) atoms. The number of aryl methyl sites for hydroxylation is 1. The van der Waals surface area contributed by atoms with E-state index in [9.17, 15) is 0 Å². The summed E-state index contributed by atoms with van der Waals surface area (Å²) in [5, 5.41) is 0. The van der Waals surface area contributed by atoms with Crippen LogP contribution >= 0.6 is 0 Å². The number of hydrogen-bond acceptors (Lipinski definition) is 6. The lowest BCUT2D eigenvalue weighted by Gasteiger charge is -2.47. The maximum absolute atomic E-state index is 16.3. The molecule has 6 rings (SSSR count). The fourth-order valence-electron chi connectivity index (χ4n) is 8.01. The lowest BCUT2D eigenvalue weighted by atomic mass is 9.69. The van der Waals surface area contributed by atoms with Gasteiger partial charge in [-0.2, -0.15) is 0 Å². The third-order valence-electron chi connectivity index (χ3n) is 10.3. The van der Waals surface area contributed by atoms with Crippen molar-refractivity contribution in [1.29, 1.82) is 0 Å². The van der Waals surface area contributed by atoms with Crippen LogP contribution in [-0.2, 0) is 20.6 Å². The van der Waals surface area contributed by atoms with Gasteiger partial charge in [-0.3, -0.25) is 0 Å². The zero-order valence-electron chi connectivity index (χ0n) is 28.3. The lowest BCUT2D eigenvalue weighted by molar-refractivity contribution is -0.195. The van der Waals surface area contributed by atoms with Crippen molar-refractivity contribution >= 4 is 5.69 Å². The van der Waals surface area contributed by atoms with Gasteiger partial charge in [0, 0.05) is 50.8 Å². The normalized spacial score (nSPS) is 23.0. The van der Waals surface area contributed by atoms with Gasteiger partial charge in [0.2, 0.25) is 0 Å². The Labute approximate surface area is 274 Å². The summed E-state index contributed by atoms with van der Waals surface area (Å²) >= 11 is 0. The van der Waals surface area contributed by atoms with Crippen LogP contribution in [0.1, 0.15) is 87.0 Å². The molecule has 2 aliphatic heterocycles. The molecule has 0 bridgehead atoms. The summed E-state index contributed by atoms with van der Waals surface area (Å²) in [5.41, 5.74) is 4.77. The number of ether oxygens (including phenoxy) is 5. The third kappa shape index (κ3) is 6.78. The number of rotatable bonds is 8. The van der Waals surface area contributed by atoms with E-state index in [2.05, 4.69) is 74.2 Å². The van der Waals surface area contributed by atoms with Gasteiger partial charge in [-0.15, -0.1) is 0 Å². The molecule has 3 atom stereocenters. The van der Waals surface area contributed by atoms with Crippen LogP contribution in [0.15, 0.2) is 60.7 Å². The molecule has 2 saturated heterocycles. The Kier molecular flexibility index (Phi) is 9.65. The van der Waals surface area contributed by atoms with E-state index >= 15 is 4.39 Å². The molecule has 0 aromatic heterocycles. The molecule has 1 aliphatic carbocycles. The summed E-state index contributed by atoms with van der Waals surface area (Å²) in [6.07, 6.45) is 5.33. The fourth-order valence-corrected chi connectivity index (χ4v) is 8.01. The lowest BCUT2D eigenvalue weighted by Crippen LogP contribution is -2.50. The molecule has 0 amide bonds. The number of piperidine rings is 1. The maximum Gasteiger partial charge on any atom is 0.161 e. The average Bonchev–Trinajstić information content (AvgIpc) is 3.06. The highest BCUT2D eigenvalue weighted by Gasteiger charge is 2.42. The zero-order valence-corrected chi connectivity index (χ0v) is 28.3. The number of nitrogens with zero attached hydrogens (tertiary/aromatic N) is 1. The molecule has 7 heteroatoms. The van der Waals surface area contributed by atoms with E-state index in [1.54, 1.807) is 27.4 Å². The molecule has 0 unspecified atom stereocenters. The Hall–Kier alpha value is -3.13. The summed E-state index contributed by atoms with van der Waals surface area (Å²) < 4.78 is 46.1. The maximum atomic E-state index is 16.3. The molecule has 3 aromatic rings. The fraction of sp³-hybridized carbons (Fsp3) is 0.538. The second-order valence-electron chi connectivity index (χ2n) is 14.3. The minimum Gasteiger partial charge on any atom is -0.496 e. The van der Waals surface area contributed by atoms with Gasteiger partial charge >= 0.3 is 0 Å². The van der Waals surface area contributed by atoms with E-state index in [0.29, 0.717) is 12.3 Å². The van der Waals surface area contributed by atoms with Gasteiger partial charge in [0.05, 0.1) is 25.0 Å². The van der Waals surface area contributed by atoms with Gasteiger partial charge in [0.25, 0.3) is 0 Å². The Balaban J connectivity index is 1.28. The van der Waals surface area contributed by atoms with E-state index in [1.165, 1.54) is 16.7 Å². The molecule has 3 aromatic carbocycles. The van der Waals surface area contributed by atoms with Crippen molar-refractivity contribution in [2.75, 3.05) is 45.9 Å². The SMILES string of the molecule is COc1cc(N2CCC3(CC[C@H](C(OC)OC)CO3)CC2)c(F)cc1[C@@H]1c2ccc(OC(C)(C)C)cc2CC[C@@H]1c1ccccc1. The molecule has 1 spiro atoms. The Morgan fingerprint density at radius 2 is 1.63 bits per heavy atom. The second-order valence-corrected chi connectivity index (χ2v) is 14.3. The molecule has 2 fully saturated rings. The molecule has 0 radical (unpaired) electrons. The van der Waals surface area contributed by atoms with E-state index < -0.39 is 0 Å². The van der Waals surface area contributed by atoms with Crippen molar-refractivity contribution in [2.45, 2.75) is 88.6 Å². The highest BCUT2D eigenvalue weighted by atomic mass is 19.1. The first-order chi connectivity index (χ1) is 22.1. The van der Waals surface area contributed by atoms with E-state index in [-0.39, 0.29) is 41.1 Å². The largest absolute Gasteiger partial charge is 0.496 e. The Morgan fingerprint density at radius 1 is 0.891 bits per heavy atom. The third-order valence-corrected chi connectivity index (χ3v) is 10.3. The number of benzene rings is 3. The van der Waals surface area contributed by atoms with Gasteiger partial charge < -0.3 is 28.6 Å². The first-order valence-electron chi connectivity index (χ1n) is 16.8. The zero-order chi connectivity index (χ0) is 32.5. The summed E-state index contributed by atoms with van der Waals surface area (Å²) in [4.78, 5) is 2.16. The van der Waals surface area contributed by atoms with Crippen LogP contribution in [-0.4, -0.2) is 58.5 Å². The Bertz CT molecular complexity index is 1470. The molecule has 248 valence electrons. The highest BCUT2D eigenvalue weighted by molar-refractivity contribution is 5.59. The first kappa shape index (κ1) is 32.8. The summed E-state index contributed by atoms with van der Waals surface area (Å²) in [7, 11) is 5.06. The van der Waals surface area contributed by atoms with Crippen molar-refractivity contribution in [3.8, 4) is 11.5 Å². The smallest absolute Gasteiger partial charge is 0.161 e. The summed E-state index contributed by atoms with van der Waals surface area (Å²) in [5.74, 6) is 1.77. The van der Waals surface area contributed by atoms with Gasteiger partial charge in [-0.25, -0.2) is 4.39 Å². The number of methoxy groups -OCH3 is 3. The van der Waals surface area contributed by atoms with Gasteiger partial charge in [-0.1, -0.05) is 36.4 Å². The minimum atomic E-state index is -0.284. The standard InChI is InChI=1S/C39H50FNO5/c1-38(2,3)46-29-13-15-31-27(22-29)12-14-30(26-10-8-7-9-11-26)36(31)32-23-33(40)34(24-35(32)42-4)41-20-18-39(19-21-41)17-16-28(25-45-39)37(43-5)44-6/h7-11,13,15,22-24,28,30,36-37H,12,14,16-21,25H2,1-6H3/t28-,30+,36-/m0/s1. The van der Waals surface area contributed by atoms with Crippen LogP contribution < -0.4 is 14.4 Å². The van der Waals surface area contributed by atoms with E-state index in [0.717, 1.165) is 68.7 Å². The first-order valence-corrected chi connectivity index (χ1v) is 16.8. The predicted molar refractivity (Wildman–Crippen MR) is 180 cm³/mol. The van der Waals surface area contributed by atoms with Crippen LogP contribution in [0.4, 0.5) is 10.1 Å². The van der Waals surface area contributed by atoms with Crippen molar-refractivity contribution in [2.24, 2.45) is 5.92 Å². The molecule has 3 aliphatic rings. The monoisotopic (exact) mass is 631 g/mol. The van der Waals surface area contributed by atoms with Gasteiger partial charge in [0.15, 0.2) is 6.29 Å².